The van der Waals surface area contributed by atoms with Crippen LogP contribution in [0.25, 0.3) is 0 Å². The number of amides is 1. The third-order valence-corrected chi connectivity index (χ3v) is 2.92. The van der Waals surface area contributed by atoms with Gasteiger partial charge in [-0.05, 0) is 39.9 Å². The number of hydrogen-bond acceptors (Lipinski definition) is 3. The second-order valence-corrected chi connectivity index (χ2v) is 4.62. The van der Waals surface area contributed by atoms with Crippen LogP contribution in [0.15, 0.2) is 0 Å². The van der Waals surface area contributed by atoms with E-state index < -0.39 is 0 Å². The topological polar surface area (TPSA) is 35.6 Å². The van der Waals surface area contributed by atoms with E-state index in [2.05, 4.69) is 24.3 Å². The molecule has 0 atom stereocenters. The number of likely N-dealkylation sites (N-methyl/N-ethyl adjacent to an activating group) is 1. The van der Waals surface area contributed by atoms with Crippen molar-refractivity contribution in [1.82, 2.24) is 15.1 Å². The first-order valence-electron chi connectivity index (χ1n) is 5.70. The lowest BCUT2D eigenvalue weighted by molar-refractivity contribution is -0.131. The first-order chi connectivity index (χ1) is 7.13. The van der Waals surface area contributed by atoms with Crippen LogP contribution in [0.4, 0.5) is 0 Å². The second kappa shape index (κ2) is 9.95. The summed E-state index contributed by atoms with van der Waals surface area (Å²) in [5, 5.41) is 2.91. The van der Waals surface area contributed by atoms with Crippen LogP contribution in [0.1, 0.15) is 12.8 Å². The van der Waals surface area contributed by atoms with Crippen molar-refractivity contribution in [2.75, 3.05) is 47.3 Å². The summed E-state index contributed by atoms with van der Waals surface area (Å²) in [6.07, 6.45) is 2.29. The standard InChI is InChI=1S/C11H23N3O.2ClH/c1-12-8-11(15)14-6-4-10(5-7-14)9-13(2)3;;/h10,12H,4-9H2,1-3H3;2*1H. The lowest BCUT2D eigenvalue weighted by Gasteiger charge is -2.33. The molecule has 1 rings (SSSR count). The molecule has 0 unspecified atom stereocenters. The molecule has 0 radical (unpaired) electrons. The monoisotopic (exact) mass is 285 g/mol. The molecule has 1 N–H and O–H groups in total. The van der Waals surface area contributed by atoms with Gasteiger partial charge in [-0.15, -0.1) is 24.8 Å². The van der Waals surface area contributed by atoms with E-state index in [4.69, 9.17) is 0 Å². The maximum absolute atomic E-state index is 11.6. The SMILES string of the molecule is CNCC(=O)N1CCC(CN(C)C)CC1.Cl.Cl. The first kappa shape index (κ1) is 19.3. The van der Waals surface area contributed by atoms with Gasteiger partial charge in [-0.25, -0.2) is 0 Å². The number of likely N-dealkylation sites (tertiary alicyclic amines) is 1. The smallest absolute Gasteiger partial charge is 0.236 e. The number of halogens is 2. The summed E-state index contributed by atoms with van der Waals surface area (Å²) in [6.45, 7) is 3.48. The van der Waals surface area contributed by atoms with E-state index in [1.54, 1.807) is 0 Å². The second-order valence-electron chi connectivity index (χ2n) is 4.62. The van der Waals surface area contributed by atoms with E-state index in [1.165, 1.54) is 0 Å². The maximum Gasteiger partial charge on any atom is 0.236 e. The van der Waals surface area contributed by atoms with Crippen molar-refractivity contribution in [3.05, 3.63) is 0 Å². The highest BCUT2D eigenvalue weighted by Crippen LogP contribution is 2.17. The summed E-state index contributed by atoms with van der Waals surface area (Å²) >= 11 is 0. The number of rotatable bonds is 4. The Morgan fingerprint density at radius 3 is 2.24 bits per heavy atom. The van der Waals surface area contributed by atoms with Gasteiger partial charge in [0.05, 0.1) is 6.54 Å². The molecule has 0 bridgehead atoms. The predicted octanol–water partition coefficient (Wildman–Crippen LogP) is 0.850. The highest BCUT2D eigenvalue weighted by atomic mass is 35.5. The van der Waals surface area contributed by atoms with Gasteiger partial charge in [0, 0.05) is 19.6 Å². The summed E-state index contributed by atoms with van der Waals surface area (Å²) < 4.78 is 0. The van der Waals surface area contributed by atoms with Gasteiger partial charge in [-0.3, -0.25) is 4.79 Å². The maximum atomic E-state index is 11.6. The zero-order chi connectivity index (χ0) is 11.3. The fourth-order valence-corrected chi connectivity index (χ4v) is 2.14. The van der Waals surface area contributed by atoms with Crippen LogP contribution in [0, 0.1) is 5.92 Å². The number of nitrogens with one attached hydrogen (secondary N) is 1. The molecule has 0 saturated carbocycles. The van der Waals surface area contributed by atoms with Gasteiger partial charge < -0.3 is 15.1 Å². The zero-order valence-corrected chi connectivity index (χ0v) is 12.6. The van der Waals surface area contributed by atoms with Crippen LogP contribution in [0.5, 0.6) is 0 Å². The Morgan fingerprint density at radius 1 is 1.29 bits per heavy atom. The summed E-state index contributed by atoms with van der Waals surface area (Å²) in [7, 11) is 6.04. The third kappa shape index (κ3) is 7.09. The van der Waals surface area contributed by atoms with Gasteiger partial charge in [-0.1, -0.05) is 0 Å². The minimum absolute atomic E-state index is 0. The summed E-state index contributed by atoms with van der Waals surface area (Å²) in [5.41, 5.74) is 0. The average molecular weight is 286 g/mol. The van der Waals surface area contributed by atoms with E-state index in [0.717, 1.165) is 38.4 Å². The molecule has 4 nitrogen and oxygen atoms in total. The van der Waals surface area contributed by atoms with Crippen molar-refractivity contribution in [2.24, 2.45) is 5.92 Å². The molecule has 0 aromatic rings. The highest BCUT2D eigenvalue weighted by Gasteiger charge is 2.22. The third-order valence-electron chi connectivity index (χ3n) is 2.92. The molecule has 0 spiro atoms. The lowest BCUT2D eigenvalue weighted by atomic mass is 9.96. The predicted molar refractivity (Wildman–Crippen MR) is 76.3 cm³/mol. The Labute approximate surface area is 117 Å². The molecule has 17 heavy (non-hydrogen) atoms. The van der Waals surface area contributed by atoms with Gasteiger partial charge in [0.2, 0.25) is 5.91 Å². The molecular weight excluding hydrogens is 261 g/mol. The molecular formula is C11H25Cl2N3O. The van der Waals surface area contributed by atoms with Crippen LogP contribution in [0.2, 0.25) is 0 Å². The molecule has 1 fully saturated rings. The Hall–Kier alpha value is -0.0300. The number of piperidine rings is 1. The van der Waals surface area contributed by atoms with Crippen LogP contribution < -0.4 is 5.32 Å². The van der Waals surface area contributed by atoms with Gasteiger partial charge in [0.25, 0.3) is 0 Å². The molecule has 0 aromatic carbocycles. The van der Waals surface area contributed by atoms with Crippen LogP contribution in [-0.4, -0.2) is 63.0 Å². The van der Waals surface area contributed by atoms with Gasteiger partial charge in [0.1, 0.15) is 0 Å². The Balaban J connectivity index is 0. The molecule has 1 aliphatic rings. The van der Waals surface area contributed by atoms with Crippen molar-refractivity contribution in [2.45, 2.75) is 12.8 Å². The largest absolute Gasteiger partial charge is 0.342 e. The highest BCUT2D eigenvalue weighted by molar-refractivity contribution is 5.85. The molecule has 104 valence electrons. The number of carbonyl (C=O) groups is 1. The van der Waals surface area contributed by atoms with Crippen molar-refractivity contribution >= 4 is 30.7 Å². The normalized spacial score (nSPS) is 16.4. The van der Waals surface area contributed by atoms with Crippen molar-refractivity contribution < 1.29 is 4.79 Å². The Kier molecular flexibility index (Phi) is 11.3. The molecule has 0 aromatic heterocycles. The minimum Gasteiger partial charge on any atom is -0.342 e. The van der Waals surface area contributed by atoms with E-state index in [9.17, 15) is 4.79 Å². The molecule has 1 aliphatic heterocycles. The Bertz CT molecular complexity index is 207. The van der Waals surface area contributed by atoms with E-state index >= 15 is 0 Å². The van der Waals surface area contributed by atoms with Crippen molar-refractivity contribution in [1.29, 1.82) is 0 Å². The molecule has 1 heterocycles. The molecule has 1 amide bonds. The summed E-state index contributed by atoms with van der Waals surface area (Å²) in [5.74, 6) is 0.999. The van der Waals surface area contributed by atoms with Gasteiger partial charge >= 0.3 is 0 Å². The lowest BCUT2D eigenvalue weighted by Crippen LogP contribution is -2.43. The fraction of sp³-hybridized carbons (Fsp3) is 0.909. The average Bonchev–Trinajstić information content (AvgIpc) is 2.18. The first-order valence-corrected chi connectivity index (χ1v) is 5.70. The summed E-state index contributed by atoms with van der Waals surface area (Å²) in [6, 6.07) is 0. The summed E-state index contributed by atoms with van der Waals surface area (Å²) in [4.78, 5) is 15.8. The number of nitrogens with zero attached hydrogens (tertiary/aromatic N) is 2. The van der Waals surface area contributed by atoms with Crippen molar-refractivity contribution in [3.63, 3.8) is 0 Å². The fourth-order valence-electron chi connectivity index (χ4n) is 2.14. The Morgan fingerprint density at radius 2 is 1.82 bits per heavy atom. The van der Waals surface area contributed by atoms with Crippen LogP contribution in [0.3, 0.4) is 0 Å². The quantitative estimate of drug-likeness (QED) is 0.832. The number of carbonyl (C=O) groups excluding carboxylic acids is 1. The van der Waals surface area contributed by atoms with Crippen LogP contribution in [-0.2, 0) is 4.79 Å². The van der Waals surface area contributed by atoms with Gasteiger partial charge in [0.15, 0.2) is 0 Å². The molecule has 1 saturated heterocycles. The van der Waals surface area contributed by atoms with Crippen molar-refractivity contribution in [3.8, 4) is 0 Å². The number of hydrogen-bond donors (Lipinski definition) is 1. The van der Waals surface area contributed by atoms with E-state index in [1.807, 2.05) is 11.9 Å². The van der Waals surface area contributed by atoms with Gasteiger partial charge in [-0.2, -0.15) is 0 Å². The minimum atomic E-state index is 0. The van der Waals surface area contributed by atoms with Crippen LogP contribution >= 0.6 is 24.8 Å². The van der Waals surface area contributed by atoms with E-state index in [0.29, 0.717) is 6.54 Å². The zero-order valence-electron chi connectivity index (χ0n) is 10.9. The molecule has 6 heteroatoms. The molecule has 0 aliphatic carbocycles. The van der Waals surface area contributed by atoms with E-state index in [-0.39, 0.29) is 30.7 Å².